The maximum atomic E-state index is 12.3. The molecule has 1 aliphatic rings. The van der Waals surface area contributed by atoms with Gasteiger partial charge in [-0.3, -0.25) is 9.59 Å². The van der Waals surface area contributed by atoms with Crippen LogP contribution in [0.2, 0.25) is 0 Å². The number of fused-ring (bicyclic) bond motifs is 1. The Balaban J connectivity index is 2.04. The van der Waals surface area contributed by atoms with Crippen LogP contribution in [0.15, 0.2) is 24.3 Å². The topological polar surface area (TPSA) is 49.9 Å². The van der Waals surface area contributed by atoms with E-state index >= 15 is 0 Å². The summed E-state index contributed by atoms with van der Waals surface area (Å²) in [6.07, 6.45) is 0.331. The minimum Gasteiger partial charge on any atom is -0.466 e. The van der Waals surface area contributed by atoms with Crippen LogP contribution in [-0.2, 0) is 14.3 Å². The van der Waals surface area contributed by atoms with Gasteiger partial charge in [0.2, 0.25) is 5.91 Å². The highest BCUT2D eigenvalue weighted by molar-refractivity contribution is 5.98. The van der Waals surface area contributed by atoms with E-state index in [1.165, 1.54) is 0 Å². The number of anilines is 2. The number of ether oxygens (including phenoxy) is 1. The van der Waals surface area contributed by atoms with E-state index in [1.54, 1.807) is 11.8 Å². The number of benzene rings is 1. The average Bonchev–Trinajstić information content (AvgIpc) is 2.46. The monoisotopic (exact) mass is 276 g/mol. The van der Waals surface area contributed by atoms with Gasteiger partial charge in [0.05, 0.1) is 24.4 Å². The molecule has 0 aromatic heterocycles. The highest BCUT2D eigenvalue weighted by Gasteiger charge is 2.24. The lowest BCUT2D eigenvalue weighted by Gasteiger charge is -2.35. The lowest BCUT2D eigenvalue weighted by atomic mass is 10.1. The predicted molar refractivity (Wildman–Crippen MR) is 77.9 cm³/mol. The molecule has 0 unspecified atom stereocenters. The molecule has 1 heterocycles. The molecule has 0 N–H and O–H groups in total. The second-order valence-electron chi connectivity index (χ2n) is 4.76. The SMILES string of the molecule is CCOC(=O)CCC(=O)N1CCN(C)c2ccccc21. The van der Waals surface area contributed by atoms with E-state index in [4.69, 9.17) is 4.74 Å². The number of likely N-dealkylation sites (N-methyl/N-ethyl adjacent to an activating group) is 1. The van der Waals surface area contributed by atoms with Gasteiger partial charge in [0.25, 0.3) is 0 Å². The van der Waals surface area contributed by atoms with Crippen molar-refractivity contribution in [3.05, 3.63) is 24.3 Å². The quantitative estimate of drug-likeness (QED) is 0.787. The molecule has 5 nitrogen and oxygen atoms in total. The molecule has 0 saturated carbocycles. The minimum absolute atomic E-state index is 0.0291. The van der Waals surface area contributed by atoms with Gasteiger partial charge in [0, 0.05) is 26.6 Å². The highest BCUT2D eigenvalue weighted by atomic mass is 16.5. The minimum atomic E-state index is -0.316. The number of hydrogen-bond donors (Lipinski definition) is 0. The van der Waals surface area contributed by atoms with E-state index in [2.05, 4.69) is 4.90 Å². The predicted octanol–water partition coefficient (Wildman–Crippen LogP) is 1.81. The van der Waals surface area contributed by atoms with Crippen LogP contribution >= 0.6 is 0 Å². The van der Waals surface area contributed by atoms with Crippen molar-refractivity contribution in [2.24, 2.45) is 0 Å². The second kappa shape index (κ2) is 6.41. The Hall–Kier alpha value is -2.04. The Bertz CT molecular complexity index is 502. The van der Waals surface area contributed by atoms with Crippen molar-refractivity contribution in [2.45, 2.75) is 19.8 Å². The molecule has 0 spiro atoms. The number of hydrogen-bond acceptors (Lipinski definition) is 4. The fourth-order valence-corrected chi connectivity index (χ4v) is 2.34. The summed E-state index contributed by atoms with van der Waals surface area (Å²) in [5.41, 5.74) is 1.96. The molecule has 2 rings (SSSR count). The molecule has 0 fully saturated rings. The summed E-state index contributed by atoms with van der Waals surface area (Å²) in [6.45, 7) is 3.55. The highest BCUT2D eigenvalue weighted by Crippen LogP contribution is 2.32. The van der Waals surface area contributed by atoms with Gasteiger partial charge in [-0.05, 0) is 19.1 Å². The van der Waals surface area contributed by atoms with Crippen molar-refractivity contribution in [3.63, 3.8) is 0 Å². The summed E-state index contributed by atoms with van der Waals surface area (Å²) >= 11 is 0. The third kappa shape index (κ3) is 3.10. The van der Waals surface area contributed by atoms with Gasteiger partial charge < -0.3 is 14.5 Å². The van der Waals surface area contributed by atoms with Crippen LogP contribution in [0.3, 0.4) is 0 Å². The number of para-hydroxylation sites is 2. The van der Waals surface area contributed by atoms with Crippen LogP contribution in [0.4, 0.5) is 11.4 Å². The smallest absolute Gasteiger partial charge is 0.306 e. The molecular formula is C15H20N2O3. The lowest BCUT2D eigenvalue weighted by Crippen LogP contribution is -2.42. The fourth-order valence-electron chi connectivity index (χ4n) is 2.34. The molecule has 0 atom stereocenters. The molecule has 1 aliphatic heterocycles. The summed E-state index contributed by atoms with van der Waals surface area (Å²) in [5, 5.41) is 0. The van der Waals surface area contributed by atoms with Crippen LogP contribution in [0, 0.1) is 0 Å². The van der Waals surface area contributed by atoms with Crippen LogP contribution < -0.4 is 9.80 Å². The Kier molecular flexibility index (Phi) is 4.61. The Morgan fingerprint density at radius 1 is 1.15 bits per heavy atom. The summed E-state index contributed by atoms with van der Waals surface area (Å²) in [6, 6.07) is 7.82. The van der Waals surface area contributed by atoms with Crippen molar-refractivity contribution < 1.29 is 14.3 Å². The number of carbonyl (C=O) groups is 2. The number of esters is 1. The summed E-state index contributed by atoms with van der Waals surface area (Å²) in [7, 11) is 2.01. The van der Waals surface area contributed by atoms with Gasteiger partial charge in [-0.2, -0.15) is 0 Å². The van der Waals surface area contributed by atoms with Gasteiger partial charge in [-0.1, -0.05) is 12.1 Å². The maximum absolute atomic E-state index is 12.3. The molecule has 108 valence electrons. The van der Waals surface area contributed by atoms with Crippen molar-refractivity contribution in [1.82, 2.24) is 0 Å². The number of rotatable bonds is 4. The Morgan fingerprint density at radius 2 is 1.85 bits per heavy atom. The van der Waals surface area contributed by atoms with E-state index in [0.29, 0.717) is 13.2 Å². The molecule has 0 bridgehead atoms. The van der Waals surface area contributed by atoms with Gasteiger partial charge in [0.15, 0.2) is 0 Å². The molecule has 1 aromatic carbocycles. The number of nitrogens with zero attached hydrogens (tertiary/aromatic N) is 2. The number of amides is 1. The number of carbonyl (C=O) groups excluding carboxylic acids is 2. The summed E-state index contributed by atoms with van der Waals surface area (Å²) in [5.74, 6) is -0.345. The maximum Gasteiger partial charge on any atom is 0.306 e. The first-order chi connectivity index (χ1) is 9.63. The first-order valence-electron chi connectivity index (χ1n) is 6.89. The molecule has 1 amide bonds. The molecule has 5 heteroatoms. The van der Waals surface area contributed by atoms with Crippen molar-refractivity contribution in [3.8, 4) is 0 Å². The van der Waals surface area contributed by atoms with Crippen LogP contribution in [-0.4, -0.2) is 38.6 Å². The van der Waals surface area contributed by atoms with E-state index in [-0.39, 0.29) is 24.7 Å². The zero-order chi connectivity index (χ0) is 14.5. The lowest BCUT2D eigenvalue weighted by molar-refractivity contribution is -0.144. The van der Waals surface area contributed by atoms with Gasteiger partial charge in [-0.15, -0.1) is 0 Å². The average molecular weight is 276 g/mol. The Labute approximate surface area is 119 Å². The molecular weight excluding hydrogens is 256 g/mol. The van der Waals surface area contributed by atoms with E-state index in [1.807, 2.05) is 31.3 Å². The first-order valence-corrected chi connectivity index (χ1v) is 6.89. The van der Waals surface area contributed by atoms with E-state index < -0.39 is 0 Å². The van der Waals surface area contributed by atoms with E-state index in [0.717, 1.165) is 17.9 Å². The van der Waals surface area contributed by atoms with Gasteiger partial charge in [-0.25, -0.2) is 0 Å². The summed E-state index contributed by atoms with van der Waals surface area (Å²) < 4.78 is 4.85. The zero-order valence-corrected chi connectivity index (χ0v) is 12.0. The standard InChI is InChI=1S/C15H20N2O3/c1-3-20-15(19)9-8-14(18)17-11-10-16(2)12-6-4-5-7-13(12)17/h4-7H,3,8-11H2,1-2H3. The fraction of sp³-hybridized carbons (Fsp3) is 0.467. The van der Waals surface area contributed by atoms with Crippen LogP contribution in [0.5, 0.6) is 0 Å². The zero-order valence-electron chi connectivity index (χ0n) is 12.0. The van der Waals surface area contributed by atoms with Crippen molar-refractivity contribution in [1.29, 1.82) is 0 Å². The third-order valence-corrected chi connectivity index (χ3v) is 3.39. The normalized spacial score (nSPS) is 13.9. The molecule has 0 radical (unpaired) electrons. The summed E-state index contributed by atoms with van der Waals surface area (Å²) in [4.78, 5) is 27.5. The molecule has 1 aromatic rings. The third-order valence-electron chi connectivity index (χ3n) is 3.39. The van der Waals surface area contributed by atoms with Crippen LogP contribution in [0.1, 0.15) is 19.8 Å². The molecule has 20 heavy (non-hydrogen) atoms. The van der Waals surface area contributed by atoms with Gasteiger partial charge >= 0.3 is 5.97 Å². The molecule has 0 aliphatic carbocycles. The van der Waals surface area contributed by atoms with Crippen molar-refractivity contribution in [2.75, 3.05) is 36.5 Å². The van der Waals surface area contributed by atoms with Gasteiger partial charge in [0.1, 0.15) is 0 Å². The van der Waals surface area contributed by atoms with Crippen LogP contribution in [0.25, 0.3) is 0 Å². The molecule has 0 saturated heterocycles. The largest absolute Gasteiger partial charge is 0.466 e. The Morgan fingerprint density at radius 3 is 2.55 bits per heavy atom. The first kappa shape index (κ1) is 14.4. The van der Waals surface area contributed by atoms with E-state index in [9.17, 15) is 9.59 Å². The second-order valence-corrected chi connectivity index (χ2v) is 4.76. The van der Waals surface area contributed by atoms with Crippen molar-refractivity contribution >= 4 is 23.3 Å².